The average molecular weight is 313 g/mol. The van der Waals surface area contributed by atoms with Crippen molar-refractivity contribution in [3.63, 3.8) is 0 Å². The summed E-state index contributed by atoms with van der Waals surface area (Å²) in [5.41, 5.74) is 2.08. The monoisotopic (exact) mass is 313 g/mol. The zero-order chi connectivity index (χ0) is 16.0. The lowest BCUT2D eigenvalue weighted by Gasteiger charge is -2.28. The molecule has 1 amide bonds. The molecule has 0 radical (unpaired) electrons. The van der Waals surface area contributed by atoms with Crippen LogP contribution in [0.25, 0.3) is 11.0 Å². The van der Waals surface area contributed by atoms with Gasteiger partial charge in [-0.25, -0.2) is 13.8 Å². The van der Waals surface area contributed by atoms with Gasteiger partial charge in [0.25, 0.3) is 5.91 Å². The Morgan fingerprint density at radius 3 is 2.70 bits per heavy atom. The number of hydrogen-bond acceptors (Lipinski definition) is 2. The minimum absolute atomic E-state index is 0.147. The SMILES string of the molecule is O=C(c1ccc(F)c(F)c1)N1CCn2c(nc3ccccc32)C1. The number of aromatic nitrogens is 2. The molecule has 6 heteroatoms. The minimum Gasteiger partial charge on any atom is -0.329 e. The first-order valence-corrected chi connectivity index (χ1v) is 7.32. The van der Waals surface area contributed by atoms with Crippen molar-refractivity contribution >= 4 is 16.9 Å². The number of benzene rings is 2. The van der Waals surface area contributed by atoms with Gasteiger partial charge in [-0.15, -0.1) is 0 Å². The fourth-order valence-corrected chi connectivity index (χ4v) is 2.95. The van der Waals surface area contributed by atoms with Gasteiger partial charge in [0.15, 0.2) is 11.6 Å². The van der Waals surface area contributed by atoms with Crippen molar-refractivity contribution in [2.45, 2.75) is 13.1 Å². The summed E-state index contributed by atoms with van der Waals surface area (Å²) in [4.78, 5) is 18.6. The number of imidazole rings is 1. The summed E-state index contributed by atoms with van der Waals surface area (Å²) in [5, 5.41) is 0. The highest BCUT2D eigenvalue weighted by Gasteiger charge is 2.24. The second-order valence-electron chi connectivity index (χ2n) is 5.52. The number of hydrogen-bond donors (Lipinski definition) is 0. The molecule has 2 heterocycles. The maximum Gasteiger partial charge on any atom is 0.254 e. The summed E-state index contributed by atoms with van der Waals surface area (Å²) in [6, 6.07) is 11.0. The molecule has 1 aromatic heterocycles. The van der Waals surface area contributed by atoms with Crippen LogP contribution in [0, 0.1) is 11.6 Å². The number of rotatable bonds is 1. The Labute approximate surface area is 131 Å². The first-order valence-electron chi connectivity index (χ1n) is 7.32. The van der Waals surface area contributed by atoms with Crippen LogP contribution in [-0.2, 0) is 13.1 Å². The van der Waals surface area contributed by atoms with Crippen LogP contribution in [0.15, 0.2) is 42.5 Å². The lowest BCUT2D eigenvalue weighted by molar-refractivity contribution is 0.0708. The molecule has 2 aromatic carbocycles. The van der Waals surface area contributed by atoms with Crippen LogP contribution in [0.1, 0.15) is 16.2 Å². The number of carbonyl (C=O) groups is 1. The van der Waals surface area contributed by atoms with Crippen molar-refractivity contribution in [3.8, 4) is 0 Å². The predicted octanol–water partition coefficient (Wildman–Crippen LogP) is 2.97. The van der Waals surface area contributed by atoms with Crippen LogP contribution in [0.4, 0.5) is 8.78 Å². The molecule has 0 saturated carbocycles. The van der Waals surface area contributed by atoms with E-state index in [9.17, 15) is 13.6 Å². The van der Waals surface area contributed by atoms with E-state index < -0.39 is 11.6 Å². The molecule has 0 atom stereocenters. The molecule has 23 heavy (non-hydrogen) atoms. The number of fused-ring (bicyclic) bond motifs is 3. The Morgan fingerprint density at radius 2 is 1.87 bits per heavy atom. The predicted molar refractivity (Wildman–Crippen MR) is 80.8 cm³/mol. The van der Waals surface area contributed by atoms with Crippen molar-refractivity contribution in [2.75, 3.05) is 6.54 Å². The van der Waals surface area contributed by atoms with Gasteiger partial charge < -0.3 is 9.47 Å². The first kappa shape index (κ1) is 13.9. The standard InChI is InChI=1S/C17H13F2N3O/c18-12-6-5-11(9-13(12)19)17(23)21-7-8-22-15-4-2-1-3-14(15)20-16(22)10-21/h1-6,9H,7-8,10H2. The Bertz CT molecular complexity index is 919. The van der Waals surface area contributed by atoms with Crippen molar-refractivity contribution in [1.29, 1.82) is 0 Å². The van der Waals surface area contributed by atoms with Crippen molar-refractivity contribution < 1.29 is 13.6 Å². The highest BCUT2D eigenvalue weighted by Crippen LogP contribution is 2.22. The van der Waals surface area contributed by atoms with Crippen LogP contribution in [0.5, 0.6) is 0 Å². The summed E-state index contributed by atoms with van der Waals surface area (Å²) in [6.45, 7) is 1.49. The zero-order valence-electron chi connectivity index (χ0n) is 12.2. The van der Waals surface area contributed by atoms with Gasteiger partial charge in [0.1, 0.15) is 5.82 Å². The van der Waals surface area contributed by atoms with Gasteiger partial charge in [0.2, 0.25) is 0 Å². The Hall–Kier alpha value is -2.76. The van der Waals surface area contributed by atoms with Crippen LogP contribution in [0.2, 0.25) is 0 Å². The molecule has 0 saturated heterocycles. The minimum atomic E-state index is -1.01. The van der Waals surface area contributed by atoms with Crippen LogP contribution < -0.4 is 0 Å². The fourth-order valence-electron chi connectivity index (χ4n) is 2.95. The summed E-state index contributed by atoms with van der Waals surface area (Å²) in [7, 11) is 0. The van der Waals surface area contributed by atoms with E-state index in [1.54, 1.807) is 4.90 Å². The van der Waals surface area contributed by atoms with E-state index in [2.05, 4.69) is 9.55 Å². The van der Waals surface area contributed by atoms with Crippen LogP contribution in [0.3, 0.4) is 0 Å². The average Bonchev–Trinajstić information content (AvgIpc) is 2.94. The van der Waals surface area contributed by atoms with Gasteiger partial charge in [-0.3, -0.25) is 4.79 Å². The number of carbonyl (C=O) groups excluding carboxylic acids is 1. The molecule has 0 aliphatic carbocycles. The Balaban J connectivity index is 1.64. The molecular formula is C17H13F2N3O. The summed E-state index contributed by atoms with van der Waals surface area (Å²) in [6.07, 6.45) is 0. The molecule has 0 unspecified atom stereocenters. The Morgan fingerprint density at radius 1 is 1.04 bits per heavy atom. The van der Waals surface area contributed by atoms with Gasteiger partial charge in [0.05, 0.1) is 17.6 Å². The van der Waals surface area contributed by atoms with Crippen molar-refractivity contribution in [1.82, 2.24) is 14.5 Å². The highest BCUT2D eigenvalue weighted by atomic mass is 19.2. The molecule has 0 bridgehead atoms. The fraction of sp³-hybridized carbons (Fsp3) is 0.176. The topological polar surface area (TPSA) is 38.1 Å². The van der Waals surface area contributed by atoms with E-state index in [4.69, 9.17) is 0 Å². The Kier molecular flexibility index (Phi) is 3.11. The normalized spacial score (nSPS) is 14.1. The molecule has 4 nitrogen and oxygen atoms in total. The maximum absolute atomic E-state index is 13.3. The molecule has 0 N–H and O–H groups in total. The third-order valence-corrected chi connectivity index (χ3v) is 4.11. The van der Waals surface area contributed by atoms with Gasteiger partial charge in [-0.05, 0) is 30.3 Å². The van der Waals surface area contributed by atoms with Gasteiger partial charge in [-0.1, -0.05) is 12.1 Å². The molecular weight excluding hydrogens is 300 g/mol. The van der Waals surface area contributed by atoms with E-state index in [0.29, 0.717) is 19.6 Å². The van der Waals surface area contributed by atoms with E-state index in [0.717, 1.165) is 29.0 Å². The largest absolute Gasteiger partial charge is 0.329 e. The number of halogens is 2. The molecule has 1 aliphatic rings. The molecule has 0 fully saturated rings. The third kappa shape index (κ3) is 2.27. The summed E-state index contributed by atoms with van der Waals surface area (Å²) < 4.78 is 28.4. The lowest BCUT2D eigenvalue weighted by atomic mass is 10.1. The summed E-state index contributed by atoms with van der Waals surface area (Å²) in [5.74, 6) is -1.49. The van der Waals surface area contributed by atoms with E-state index in [-0.39, 0.29) is 11.5 Å². The second kappa shape index (κ2) is 5.15. The molecule has 4 rings (SSSR count). The summed E-state index contributed by atoms with van der Waals surface area (Å²) >= 11 is 0. The van der Waals surface area contributed by atoms with Crippen molar-refractivity contribution in [2.24, 2.45) is 0 Å². The van der Waals surface area contributed by atoms with Gasteiger partial charge in [0, 0.05) is 18.7 Å². The molecule has 0 spiro atoms. The number of amides is 1. The van der Waals surface area contributed by atoms with E-state index in [1.165, 1.54) is 6.07 Å². The number of para-hydroxylation sites is 2. The van der Waals surface area contributed by atoms with Gasteiger partial charge >= 0.3 is 0 Å². The van der Waals surface area contributed by atoms with Crippen LogP contribution >= 0.6 is 0 Å². The van der Waals surface area contributed by atoms with Crippen molar-refractivity contribution in [3.05, 3.63) is 65.5 Å². The van der Waals surface area contributed by atoms with E-state index >= 15 is 0 Å². The third-order valence-electron chi connectivity index (χ3n) is 4.11. The highest BCUT2D eigenvalue weighted by molar-refractivity contribution is 5.94. The number of nitrogens with zero attached hydrogens (tertiary/aromatic N) is 3. The maximum atomic E-state index is 13.3. The first-order chi connectivity index (χ1) is 11.1. The lowest BCUT2D eigenvalue weighted by Crippen LogP contribution is -2.38. The second-order valence-corrected chi connectivity index (χ2v) is 5.52. The molecule has 116 valence electrons. The zero-order valence-corrected chi connectivity index (χ0v) is 12.2. The van der Waals surface area contributed by atoms with Gasteiger partial charge in [-0.2, -0.15) is 0 Å². The quantitative estimate of drug-likeness (QED) is 0.693. The molecule has 1 aliphatic heterocycles. The van der Waals surface area contributed by atoms with E-state index in [1.807, 2.05) is 24.3 Å². The smallest absolute Gasteiger partial charge is 0.254 e. The molecule has 3 aromatic rings. The van der Waals surface area contributed by atoms with Crippen LogP contribution in [-0.4, -0.2) is 26.9 Å².